The van der Waals surface area contributed by atoms with Crippen LogP contribution in [0.4, 0.5) is 17.6 Å². The number of aryl methyl sites for hydroxylation is 2. The fourth-order valence-corrected chi connectivity index (χ4v) is 3.16. The van der Waals surface area contributed by atoms with Crippen LogP contribution in [-0.2, 0) is 12.8 Å². The van der Waals surface area contributed by atoms with Crippen molar-refractivity contribution < 1.29 is 17.6 Å². The Morgan fingerprint density at radius 1 is 0.593 bits per heavy atom. The third kappa shape index (κ3) is 3.61. The number of hydrogen-bond donors (Lipinski definition) is 0. The van der Waals surface area contributed by atoms with Gasteiger partial charge in [0.15, 0.2) is 23.3 Å². The summed E-state index contributed by atoms with van der Waals surface area (Å²) in [6, 6.07) is 12.5. The van der Waals surface area contributed by atoms with Crippen LogP contribution in [0.25, 0.3) is 22.3 Å². The van der Waals surface area contributed by atoms with Crippen LogP contribution in [0.3, 0.4) is 0 Å². The molecule has 0 aliphatic rings. The molecule has 0 saturated carbocycles. The molecule has 0 bridgehead atoms. The smallest absolute Gasteiger partial charge is 0.167 e. The van der Waals surface area contributed by atoms with Crippen molar-refractivity contribution in [2.45, 2.75) is 33.1 Å². The van der Waals surface area contributed by atoms with Gasteiger partial charge >= 0.3 is 0 Å². The van der Waals surface area contributed by atoms with E-state index in [2.05, 4.69) is 0 Å². The van der Waals surface area contributed by atoms with Crippen LogP contribution in [0.15, 0.2) is 48.5 Å². The minimum absolute atomic E-state index is 0.0855. The van der Waals surface area contributed by atoms with Gasteiger partial charge in [-0.05, 0) is 29.5 Å². The second-order valence-electron chi connectivity index (χ2n) is 6.49. The van der Waals surface area contributed by atoms with Crippen LogP contribution >= 0.6 is 0 Å². The van der Waals surface area contributed by atoms with E-state index in [0.29, 0.717) is 18.4 Å². The van der Waals surface area contributed by atoms with Crippen molar-refractivity contribution in [1.29, 1.82) is 0 Å². The first kappa shape index (κ1) is 19.2. The van der Waals surface area contributed by atoms with E-state index in [9.17, 15) is 17.6 Å². The van der Waals surface area contributed by atoms with Crippen LogP contribution in [-0.4, -0.2) is 0 Å². The van der Waals surface area contributed by atoms with Crippen molar-refractivity contribution in [2.75, 3.05) is 0 Å². The molecule has 0 atom stereocenters. The van der Waals surface area contributed by atoms with Crippen molar-refractivity contribution in [3.8, 4) is 22.3 Å². The van der Waals surface area contributed by atoms with Gasteiger partial charge in [0.25, 0.3) is 0 Å². The van der Waals surface area contributed by atoms with Crippen molar-refractivity contribution in [3.05, 3.63) is 82.9 Å². The molecule has 0 aliphatic carbocycles. The topological polar surface area (TPSA) is 0 Å². The highest BCUT2D eigenvalue weighted by atomic mass is 19.2. The van der Waals surface area contributed by atoms with E-state index in [4.69, 9.17) is 0 Å². The van der Waals surface area contributed by atoms with Gasteiger partial charge in [-0.15, -0.1) is 0 Å². The lowest BCUT2D eigenvalue weighted by Gasteiger charge is -2.12. The molecule has 0 amide bonds. The van der Waals surface area contributed by atoms with Gasteiger partial charge in [0.05, 0.1) is 0 Å². The SMILES string of the molecule is CCCc1ccc(-c2ccc(-c3ccc(CC)cc3)c(F)c2F)c(F)c1F. The third-order valence-electron chi connectivity index (χ3n) is 4.73. The summed E-state index contributed by atoms with van der Waals surface area (Å²) >= 11 is 0. The summed E-state index contributed by atoms with van der Waals surface area (Å²) in [5.41, 5.74) is 1.35. The molecule has 4 heteroatoms. The molecule has 0 N–H and O–H groups in total. The van der Waals surface area contributed by atoms with Gasteiger partial charge < -0.3 is 0 Å². The van der Waals surface area contributed by atoms with Crippen molar-refractivity contribution in [3.63, 3.8) is 0 Å². The van der Waals surface area contributed by atoms with E-state index in [0.717, 1.165) is 12.0 Å². The summed E-state index contributed by atoms with van der Waals surface area (Å²) in [5.74, 6) is -4.42. The standard InChI is InChI=1S/C23H20F4/c1-3-5-16-10-11-18(22(26)20(16)24)19-13-12-17(21(25)23(19)27)15-8-6-14(4-2)7-9-15/h6-13H,3-5H2,1-2H3. The lowest BCUT2D eigenvalue weighted by Crippen LogP contribution is -2.00. The quantitative estimate of drug-likeness (QED) is 0.419. The molecule has 0 radical (unpaired) electrons. The van der Waals surface area contributed by atoms with Gasteiger partial charge in [-0.3, -0.25) is 0 Å². The summed E-state index contributed by atoms with van der Waals surface area (Å²) in [6.45, 7) is 3.86. The zero-order chi connectivity index (χ0) is 19.6. The Kier molecular flexibility index (Phi) is 5.64. The van der Waals surface area contributed by atoms with Gasteiger partial charge in [-0.25, -0.2) is 17.6 Å². The van der Waals surface area contributed by atoms with Gasteiger partial charge in [-0.2, -0.15) is 0 Å². The molecule has 27 heavy (non-hydrogen) atoms. The third-order valence-corrected chi connectivity index (χ3v) is 4.73. The first-order valence-corrected chi connectivity index (χ1v) is 9.02. The second kappa shape index (κ2) is 7.95. The number of benzene rings is 3. The molecular weight excluding hydrogens is 352 g/mol. The molecule has 0 nitrogen and oxygen atoms in total. The second-order valence-corrected chi connectivity index (χ2v) is 6.49. The lowest BCUT2D eigenvalue weighted by atomic mass is 9.96. The van der Waals surface area contributed by atoms with Crippen LogP contribution in [0.5, 0.6) is 0 Å². The molecule has 0 spiro atoms. The van der Waals surface area contributed by atoms with E-state index >= 15 is 0 Å². The van der Waals surface area contributed by atoms with Crippen molar-refractivity contribution >= 4 is 0 Å². The molecular formula is C23H20F4. The summed E-state index contributed by atoms with van der Waals surface area (Å²) in [7, 11) is 0. The Bertz CT molecular complexity index is 959. The van der Waals surface area contributed by atoms with Gasteiger partial charge in [0.1, 0.15) is 0 Å². The molecule has 0 fully saturated rings. The monoisotopic (exact) mass is 372 g/mol. The first-order chi connectivity index (χ1) is 13.0. The van der Waals surface area contributed by atoms with Gasteiger partial charge in [-0.1, -0.05) is 68.8 Å². The molecule has 0 aromatic heterocycles. The van der Waals surface area contributed by atoms with Crippen molar-refractivity contribution in [1.82, 2.24) is 0 Å². The van der Waals surface area contributed by atoms with E-state index in [1.54, 1.807) is 12.1 Å². The fourth-order valence-electron chi connectivity index (χ4n) is 3.16. The predicted molar refractivity (Wildman–Crippen MR) is 101 cm³/mol. The number of rotatable bonds is 5. The summed E-state index contributed by atoms with van der Waals surface area (Å²) in [4.78, 5) is 0. The Labute approximate surface area is 156 Å². The summed E-state index contributed by atoms with van der Waals surface area (Å²) < 4.78 is 57.9. The lowest BCUT2D eigenvalue weighted by molar-refractivity contribution is 0.495. The Morgan fingerprint density at radius 2 is 1.11 bits per heavy atom. The van der Waals surface area contributed by atoms with Crippen LogP contribution in [0, 0.1) is 23.3 Å². The molecule has 0 heterocycles. The number of halogens is 4. The summed E-state index contributed by atoms with van der Waals surface area (Å²) in [6.07, 6.45) is 1.88. The highest BCUT2D eigenvalue weighted by Crippen LogP contribution is 2.34. The average Bonchev–Trinajstić information content (AvgIpc) is 2.68. The Hall–Kier alpha value is -2.62. The maximum Gasteiger partial charge on any atom is 0.167 e. The zero-order valence-electron chi connectivity index (χ0n) is 15.3. The van der Waals surface area contributed by atoms with E-state index in [1.807, 2.05) is 26.0 Å². The Morgan fingerprint density at radius 3 is 1.70 bits per heavy atom. The molecule has 0 saturated heterocycles. The fraction of sp³-hybridized carbons (Fsp3) is 0.217. The highest BCUT2D eigenvalue weighted by Gasteiger charge is 2.21. The first-order valence-electron chi connectivity index (χ1n) is 9.02. The maximum absolute atomic E-state index is 14.7. The van der Waals surface area contributed by atoms with Crippen LogP contribution in [0.2, 0.25) is 0 Å². The molecule has 0 aliphatic heterocycles. The van der Waals surface area contributed by atoms with Crippen LogP contribution < -0.4 is 0 Å². The van der Waals surface area contributed by atoms with Gasteiger partial charge in [0, 0.05) is 16.7 Å². The maximum atomic E-state index is 14.7. The molecule has 3 aromatic carbocycles. The molecule has 3 rings (SSSR count). The highest BCUT2D eigenvalue weighted by molar-refractivity contribution is 5.72. The predicted octanol–water partition coefficient (Wildman–Crippen LogP) is 7.09. The minimum Gasteiger partial charge on any atom is -0.203 e. The summed E-state index contributed by atoms with van der Waals surface area (Å²) in [5, 5.41) is 0. The normalized spacial score (nSPS) is 11.0. The molecule has 0 unspecified atom stereocenters. The zero-order valence-corrected chi connectivity index (χ0v) is 15.3. The van der Waals surface area contributed by atoms with Crippen LogP contribution in [0.1, 0.15) is 31.4 Å². The Balaban J connectivity index is 2.06. The number of hydrogen-bond acceptors (Lipinski definition) is 0. The molecule has 140 valence electrons. The van der Waals surface area contributed by atoms with Crippen molar-refractivity contribution in [2.24, 2.45) is 0 Å². The van der Waals surface area contributed by atoms with E-state index in [-0.39, 0.29) is 22.3 Å². The molecule has 3 aromatic rings. The minimum atomic E-state index is -1.19. The van der Waals surface area contributed by atoms with E-state index < -0.39 is 23.3 Å². The van der Waals surface area contributed by atoms with E-state index in [1.165, 1.54) is 24.3 Å². The van der Waals surface area contributed by atoms with Gasteiger partial charge in [0.2, 0.25) is 0 Å². The largest absolute Gasteiger partial charge is 0.203 e. The average molecular weight is 372 g/mol.